The highest BCUT2D eigenvalue weighted by Crippen LogP contribution is 2.21. The lowest BCUT2D eigenvalue weighted by atomic mass is 9.90. The van der Waals surface area contributed by atoms with Crippen LogP contribution in [0.4, 0.5) is 0 Å². The van der Waals surface area contributed by atoms with Gasteiger partial charge in [-0.15, -0.1) is 0 Å². The highest BCUT2D eigenvalue weighted by atomic mass is 16.5. The number of rotatable bonds is 8. The van der Waals surface area contributed by atoms with Gasteiger partial charge in [0.1, 0.15) is 0 Å². The molecule has 0 rings (SSSR count). The maximum Gasteiger partial charge on any atom is 0.320 e. The maximum absolute atomic E-state index is 11.5. The summed E-state index contributed by atoms with van der Waals surface area (Å²) in [5.74, 6) is -0.175. The van der Waals surface area contributed by atoms with Crippen LogP contribution in [0.2, 0.25) is 0 Å². The molecule has 0 atom stereocenters. The molecule has 0 amide bonds. The van der Waals surface area contributed by atoms with E-state index in [1.807, 2.05) is 20.8 Å². The minimum atomic E-state index is -0.285. The minimum Gasteiger partial charge on any atom is -0.465 e. The number of nitrogens with zero attached hydrogens (tertiary/aromatic N) is 2. The molecule has 4 heteroatoms. The van der Waals surface area contributed by atoms with Crippen molar-refractivity contribution in [3.8, 4) is 6.07 Å². The Kier molecular flexibility index (Phi) is 7.61. The van der Waals surface area contributed by atoms with Gasteiger partial charge in [-0.1, -0.05) is 0 Å². The summed E-state index contributed by atoms with van der Waals surface area (Å²) in [5, 5.41) is 8.95. The SMILES string of the molecule is CCOC(=O)CN(CCCC(C)(C)C#N)C(C)C. The zero-order valence-corrected chi connectivity index (χ0v) is 12.3. The fraction of sp³-hybridized carbons (Fsp3) is 0.857. The van der Waals surface area contributed by atoms with E-state index in [1.54, 1.807) is 0 Å². The zero-order valence-electron chi connectivity index (χ0n) is 12.3. The van der Waals surface area contributed by atoms with Crippen LogP contribution in [0.25, 0.3) is 0 Å². The molecule has 0 aromatic heterocycles. The van der Waals surface area contributed by atoms with Crippen LogP contribution in [0.5, 0.6) is 0 Å². The van der Waals surface area contributed by atoms with Crippen molar-refractivity contribution in [2.45, 2.75) is 53.5 Å². The van der Waals surface area contributed by atoms with Crippen LogP contribution in [-0.2, 0) is 9.53 Å². The molecule has 0 saturated carbocycles. The number of carbonyl (C=O) groups excluding carboxylic acids is 1. The largest absolute Gasteiger partial charge is 0.465 e. The fourth-order valence-electron chi connectivity index (χ4n) is 1.67. The average Bonchev–Trinajstić information content (AvgIpc) is 2.27. The van der Waals surface area contributed by atoms with Crippen LogP contribution in [0.3, 0.4) is 0 Å². The van der Waals surface area contributed by atoms with Crippen molar-refractivity contribution in [1.29, 1.82) is 5.26 Å². The van der Waals surface area contributed by atoms with Gasteiger partial charge in [-0.05, 0) is 54.0 Å². The van der Waals surface area contributed by atoms with E-state index in [-0.39, 0.29) is 11.4 Å². The number of esters is 1. The Morgan fingerprint density at radius 2 is 2.06 bits per heavy atom. The molecule has 0 heterocycles. The molecule has 0 aromatic carbocycles. The number of hydrogen-bond donors (Lipinski definition) is 0. The van der Waals surface area contributed by atoms with E-state index < -0.39 is 0 Å². The first-order valence-electron chi connectivity index (χ1n) is 6.63. The molecule has 18 heavy (non-hydrogen) atoms. The third-order valence-electron chi connectivity index (χ3n) is 2.92. The second kappa shape index (κ2) is 8.10. The molecule has 4 nitrogen and oxygen atoms in total. The van der Waals surface area contributed by atoms with Crippen LogP contribution < -0.4 is 0 Å². The molecule has 0 N–H and O–H groups in total. The van der Waals surface area contributed by atoms with Crippen LogP contribution in [0.15, 0.2) is 0 Å². The molecule has 0 aromatic rings. The lowest BCUT2D eigenvalue weighted by Crippen LogP contribution is -2.37. The monoisotopic (exact) mass is 254 g/mol. The van der Waals surface area contributed by atoms with Crippen molar-refractivity contribution < 1.29 is 9.53 Å². The summed E-state index contributed by atoms with van der Waals surface area (Å²) >= 11 is 0. The van der Waals surface area contributed by atoms with Gasteiger partial charge in [-0.2, -0.15) is 5.26 Å². The van der Waals surface area contributed by atoms with Crippen molar-refractivity contribution >= 4 is 5.97 Å². The first-order valence-corrected chi connectivity index (χ1v) is 6.63. The van der Waals surface area contributed by atoms with Gasteiger partial charge in [0.15, 0.2) is 0 Å². The second-order valence-corrected chi connectivity index (χ2v) is 5.47. The number of hydrogen-bond acceptors (Lipinski definition) is 4. The quantitative estimate of drug-likeness (QED) is 0.625. The van der Waals surface area contributed by atoms with E-state index in [1.165, 1.54) is 0 Å². The predicted octanol–water partition coefficient (Wildman–Crippen LogP) is 2.59. The van der Waals surface area contributed by atoms with Crippen molar-refractivity contribution in [2.75, 3.05) is 19.7 Å². The van der Waals surface area contributed by atoms with E-state index in [0.717, 1.165) is 19.4 Å². The summed E-state index contributed by atoms with van der Waals surface area (Å²) in [6.45, 7) is 11.4. The maximum atomic E-state index is 11.5. The Labute approximate surface area is 111 Å². The topological polar surface area (TPSA) is 53.3 Å². The second-order valence-electron chi connectivity index (χ2n) is 5.47. The van der Waals surface area contributed by atoms with E-state index in [0.29, 0.717) is 19.2 Å². The molecule has 0 unspecified atom stereocenters. The normalized spacial score (nSPS) is 11.7. The first-order chi connectivity index (χ1) is 8.32. The third kappa shape index (κ3) is 7.29. The summed E-state index contributed by atoms with van der Waals surface area (Å²) < 4.78 is 4.96. The third-order valence-corrected chi connectivity index (χ3v) is 2.92. The number of nitriles is 1. The minimum absolute atomic E-state index is 0.175. The van der Waals surface area contributed by atoms with Crippen molar-refractivity contribution in [2.24, 2.45) is 5.41 Å². The Hall–Kier alpha value is -1.08. The summed E-state index contributed by atoms with van der Waals surface area (Å²) in [6.07, 6.45) is 1.76. The number of ether oxygens (including phenoxy) is 1. The lowest BCUT2D eigenvalue weighted by molar-refractivity contribution is -0.144. The number of carbonyl (C=O) groups is 1. The Balaban J connectivity index is 4.14. The molecule has 0 fully saturated rings. The van der Waals surface area contributed by atoms with Gasteiger partial charge in [-0.3, -0.25) is 9.69 Å². The van der Waals surface area contributed by atoms with Crippen LogP contribution in [-0.4, -0.2) is 36.6 Å². The predicted molar refractivity (Wildman–Crippen MR) is 72.0 cm³/mol. The van der Waals surface area contributed by atoms with Crippen LogP contribution in [0.1, 0.15) is 47.5 Å². The van der Waals surface area contributed by atoms with Crippen LogP contribution >= 0.6 is 0 Å². The van der Waals surface area contributed by atoms with E-state index >= 15 is 0 Å². The Morgan fingerprint density at radius 3 is 2.50 bits per heavy atom. The van der Waals surface area contributed by atoms with Crippen molar-refractivity contribution in [3.63, 3.8) is 0 Å². The van der Waals surface area contributed by atoms with Crippen molar-refractivity contribution in [3.05, 3.63) is 0 Å². The van der Waals surface area contributed by atoms with Gasteiger partial charge >= 0.3 is 5.97 Å². The molecule has 0 radical (unpaired) electrons. The first kappa shape index (κ1) is 16.9. The summed E-state index contributed by atoms with van der Waals surface area (Å²) in [5.41, 5.74) is -0.285. The molecule has 0 spiro atoms. The van der Waals surface area contributed by atoms with Gasteiger partial charge in [0.05, 0.1) is 24.6 Å². The highest BCUT2D eigenvalue weighted by molar-refractivity contribution is 5.71. The molecular weight excluding hydrogens is 228 g/mol. The molecule has 104 valence electrons. The summed E-state index contributed by atoms with van der Waals surface area (Å²) in [7, 11) is 0. The van der Waals surface area contributed by atoms with Gasteiger partial charge < -0.3 is 4.74 Å². The van der Waals surface area contributed by atoms with Gasteiger partial charge in [0, 0.05) is 6.04 Å². The molecule has 0 saturated heterocycles. The molecule has 0 aliphatic carbocycles. The smallest absolute Gasteiger partial charge is 0.320 e. The summed E-state index contributed by atoms with van der Waals surface area (Å²) in [6, 6.07) is 2.60. The average molecular weight is 254 g/mol. The Morgan fingerprint density at radius 1 is 1.44 bits per heavy atom. The molecule has 0 bridgehead atoms. The van der Waals surface area contributed by atoms with E-state index in [2.05, 4.69) is 24.8 Å². The van der Waals surface area contributed by atoms with Crippen LogP contribution in [0, 0.1) is 16.7 Å². The van der Waals surface area contributed by atoms with Gasteiger partial charge in [0.25, 0.3) is 0 Å². The lowest BCUT2D eigenvalue weighted by Gasteiger charge is -2.26. The van der Waals surface area contributed by atoms with E-state index in [9.17, 15) is 4.79 Å². The molecule has 0 aliphatic heterocycles. The van der Waals surface area contributed by atoms with Gasteiger partial charge in [-0.25, -0.2) is 0 Å². The van der Waals surface area contributed by atoms with E-state index in [4.69, 9.17) is 10.00 Å². The summed E-state index contributed by atoms with van der Waals surface area (Å²) in [4.78, 5) is 13.5. The molecule has 0 aliphatic rings. The standard InChI is InChI=1S/C14H26N2O2/c1-6-18-13(17)10-16(12(2)3)9-7-8-14(4,5)11-15/h12H,6-10H2,1-5H3. The fourth-order valence-corrected chi connectivity index (χ4v) is 1.67. The molecular formula is C14H26N2O2. The van der Waals surface area contributed by atoms with Crippen molar-refractivity contribution in [1.82, 2.24) is 4.90 Å². The zero-order chi connectivity index (χ0) is 14.2. The Bertz CT molecular complexity index is 293. The van der Waals surface area contributed by atoms with Gasteiger partial charge in [0.2, 0.25) is 0 Å². The highest BCUT2D eigenvalue weighted by Gasteiger charge is 2.19.